The molecule has 0 aliphatic heterocycles. The van der Waals surface area contributed by atoms with Crippen molar-refractivity contribution < 1.29 is 19.8 Å². The van der Waals surface area contributed by atoms with E-state index in [2.05, 4.69) is 22.4 Å². The van der Waals surface area contributed by atoms with Gasteiger partial charge in [-0.15, -0.1) is 5.10 Å². The number of carboxylic acid groups (broad SMARTS) is 2. The van der Waals surface area contributed by atoms with Gasteiger partial charge in [-0.05, 0) is 34.4 Å². The first-order valence-corrected chi connectivity index (χ1v) is 12.4. The van der Waals surface area contributed by atoms with E-state index in [4.69, 9.17) is 5.11 Å². The van der Waals surface area contributed by atoms with E-state index in [1.54, 1.807) is 0 Å². The molecule has 0 aliphatic rings. The van der Waals surface area contributed by atoms with Crippen LogP contribution >= 0.6 is 11.8 Å². The summed E-state index contributed by atoms with van der Waals surface area (Å²) in [7, 11) is 0. The predicted molar refractivity (Wildman–Crippen MR) is 124 cm³/mol. The zero-order valence-electron chi connectivity index (χ0n) is 18.8. The zero-order valence-corrected chi connectivity index (χ0v) is 19.6. The van der Waals surface area contributed by atoms with Crippen LogP contribution in [-0.2, 0) is 22.6 Å². The molecule has 2 aromatic rings. The standard InChI is InChI=1S/C23H34N4O4S/c1-2-3-4-5-6-7-8-9-10-11-14-18-15-12-13-16-19(18)21(22(30)31)32-23-24-25-26-27(23)17-20(28)29/h12-13,15-16,21H,2-11,14,17H2,1H3,(H,28,29)(H,30,31). The lowest BCUT2D eigenvalue weighted by Gasteiger charge is -2.16. The van der Waals surface area contributed by atoms with Crippen LogP contribution in [0.4, 0.5) is 0 Å². The minimum absolute atomic E-state index is 0.175. The molecule has 0 saturated carbocycles. The fourth-order valence-corrected chi connectivity index (χ4v) is 4.66. The number of benzene rings is 1. The van der Waals surface area contributed by atoms with Gasteiger partial charge >= 0.3 is 11.9 Å². The van der Waals surface area contributed by atoms with E-state index in [1.165, 1.54) is 51.4 Å². The van der Waals surface area contributed by atoms with E-state index >= 15 is 0 Å². The molecular formula is C23H34N4O4S. The third kappa shape index (κ3) is 8.98. The van der Waals surface area contributed by atoms with Gasteiger partial charge in [0.15, 0.2) is 0 Å². The number of hydrogen-bond acceptors (Lipinski definition) is 6. The minimum Gasteiger partial charge on any atom is -0.480 e. The van der Waals surface area contributed by atoms with Crippen LogP contribution in [0, 0.1) is 0 Å². The van der Waals surface area contributed by atoms with Crippen LogP contribution in [0.15, 0.2) is 29.4 Å². The number of carboxylic acids is 2. The number of carbonyl (C=O) groups is 2. The maximum absolute atomic E-state index is 12.0. The van der Waals surface area contributed by atoms with E-state index in [0.29, 0.717) is 5.56 Å². The van der Waals surface area contributed by atoms with Crippen molar-refractivity contribution in [1.29, 1.82) is 0 Å². The lowest BCUT2D eigenvalue weighted by Crippen LogP contribution is -2.15. The fraction of sp³-hybridized carbons (Fsp3) is 0.609. The molecule has 0 aliphatic carbocycles. The highest BCUT2D eigenvalue weighted by Gasteiger charge is 2.26. The molecule has 0 spiro atoms. The molecule has 1 atom stereocenters. The van der Waals surface area contributed by atoms with Gasteiger partial charge in [0.05, 0.1) is 0 Å². The molecule has 32 heavy (non-hydrogen) atoms. The Morgan fingerprint density at radius 1 is 0.969 bits per heavy atom. The first-order chi connectivity index (χ1) is 15.5. The molecule has 0 fully saturated rings. The molecule has 8 nitrogen and oxygen atoms in total. The minimum atomic E-state index is -1.09. The van der Waals surface area contributed by atoms with Gasteiger partial charge in [0.25, 0.3) is 0 Å². The highest BCUT2D eigenvalue weighted by Crippen LogP contribution is 2.36. The van der Waals surface area contributed by atoms with Crippen LogP contribution in [0.3, 0.4) is 0 Å². The topological polar surface area (TPSA) is 118 Å². The van der Waals surface area contributed by atoms with Crippen molar-refractivity contribution in [3.8, 4) is 0 Å². The third-order valence-electron chi connectivity index (χ3n) is 5.37. The largest absolute Gasteiger partial charge is 0.480 e. The summed E-state index contributed by atoms with van der Waals surface area (Å²) in [6, 6.07) is 7.55. The maximum Gasteiger partial charge on any atom is 0.325 e. The van der Waals surface area contributed by atoms with Crippen molar-refractivity contribution in [2.75, 3.05) is 0 Å². The van der Waals surface area contributed by atoms with E-state index < -0.39 is 23.7 Å². The highest BCUT2D eigenvalue weighted by atomic mass is 32.2. The van der Waals surface area contributed by atoms with Gasteiger partial charge in [-0.2, -0.15) is 0 Å². The van der Waals surface area contributed by atoms with E-state index in [9.17, 15) is 14.7 Å². The normalized spacial score (nSPS) is 12.0. The number of thioether (sulfide) groups is 1. The lowest BCUT2D eigenvalue weighted by atomic mass is 9.98. The van der Waals surface area contributed by atoms with Gasteiger partial charge in [0, 0.05) is 0 Å². The SMILES string of the molecule is CCCCCCCCCCCCc1ccccc1C(Sc1nnnn1CC(=O)O)C(=O)O. The monoisotopic (exact) mass is 462 g/mol. The van der Waals surface area contributed by atoms with Gasteiger partial charge in [0.1, 0.15) is 11.8 Å². The molecule has 0 radical (unpaired) electrons. The molecule has 9 heteroatoms. The van der Waals surface area contributed by atoms with Crippen LogP contribution in [0.25, 0.3) is 0 Å². The molecular weight excluding hydrogens is 428 g/mol. The van der Waals surface area contributed by atoms with Crippen molar-refractivity contribution in [2.24, 2.45) is 0 Å². The third-order valence-corrected chi connectivity index (χ3v) is 6.56. The summed E-state index contributed by atoms with van der Waals surface area (Å²) in [6.07, 6.45) is 13.3. The first kappa shape index (κ1) is 25.8. The Hall–Kier alpha value is -2.42. The highest BCUT2D eigenvalue weighted by molar-refractivity contribution is 8.00. The van der Waals surface area contributed by atoms with Crippen molar-refractivity contribution in [3.63, 3.8) is 0 Å². The molecule has 1 heterocycles. The summed E-state index contributed by atoms with van der Waals surface area (Å²) in [5, 5.41) is 29.1. The molecule has 0 saturated heterocycles. The number of nitrogens with zero attached hydrogens (tertiary/aromatic N) is 4. The summed E-state index contributed by atoms with van der Waals surface area (Å²) in [5.74, 6) is -2.09. The summed E-state index contributed by atoms with van der Waals surface area (Å²) in [6.45, 7) is 1.82. The second-order valence-corrected chi connectivity index (χ2v) is 9.05. The second-order valence-electron chi connectivity index (χ2n) is 7.98. The van der Waals surface area contributed by atoms with Crippen molar-refractivity contribution in [1.82, 2.24) is 20.2 Å². The number of hydrogen-bond donors (Lipinski definition) is 2. The van der Waals surface area contributed by atoms with Crippen LogP contribution < -0.4 is 0 Å². The molecule has 1 unspecified atom stereocenters. The van der Waals surface area contributed by atoms with Crippen molar-refractivity contribution >= 4 is 23.7 Å². The molecule has 0 amide bonds. The van der Waals surface area contributed by atoms with Crippen LogP contribution in [-0.4, -0.2) is 42.4 Å². The number of tetrazole rings is 1. The van der Waals surface area contributed by atoms with Crippen molar-refractivity contribution in [2.45, 2.75) is 94.5 Å². The molecule has 2 N–H and O–H groups in total. The van der Waals surface area contributed by atoms with Crippen LogP contribution in [0.5, 0.6) is 0 Å². The van der Waals surface area contributed by atoms with Gasteiger partial charge in [0.2, 0.25) is 5.16 Å². The summed E-state index contributed by atoms with van der Waals surface area (Å²) < 4.78 is 1.10. The summed E-state index contributed by atoms with van der Waals surface area (Å²) in [5.41, 5.74) is 1.72. The van der Waals surface area contributed by atoms with Crippen LogP contribution in [0.2, 0.25) is 0 Å². The number of aryl methyl sites for hydroxylation is 1. The lowest BCUT2D eigenvalue weighted by molar-refractivity contribution is -0.138. The number of rotatable bonds is 17. The Morgan fingerprint density at radius 2 is 1.59 bits per heavy atom. The average Bonchev–Trinajstić information content (AvgIpc) is 3.19. The number of aromatic nitrogens is 4. The first-order valence-electron chi connectivity index (χ1n) is 11.5. The van der Waals surface area contributed by atoms with Gasteiger partial charge < -0.3 is 10.2 Å². The maximum atomic E-state index is 12.0. The zero-order chi connectivity index (χ0) is 23.2. The smallest absolute Gasteiger partial charge is 0.325 e. The molecule has 176 valence electrons. The van der Waals surface area contributed by atoms with Gasteiger partial charge in [-0.25, -0.2) is 4.68 Å². The second kappa shape index (κ2) is 14.6. The quantitative estimate of drug-likeness (QED) is 0.245. The summed E-state index contributed by atoms with van der Waals surface area (Å²) in [4.78, 5) is 23.0. The van der Waals surface area contributed by atoms with Gasteiger partial charge in [-0.1, -0.05) is 101 Å². The van der Waals surface area contributed by atoms with E-state index in [0.717, 1.165) is 41.3 Å². The molecule has 2 rings (SSSR count). The van der Waals surface area contributed by atoms with E-state index in [-0.39, 0.29) is 5.16 Å². The Morgan fingerprint density at radius 3 is 2.22 bits per heavy atom. The Labute approximate surface area is 193 Å². The van der Waals surface area contributed by atoms with E-state index in [1.807, 2.05) is 24.3 Å². The average molecular weight is 463 g/mol. The fourth-order valence-electron chi connectivity index (χ4n) is 3.68. The summed E-state index contributed by atoms with van der Waals surface area (Å²) >= 11 is 0.962. The molecule has 1 aromatic carbocycles. The van der Waals surface area contributed by atoms with Crippen molar-refractivity contribution in [3.05, 3.63) is 35.4 Å². The number of unbranched alkanes of at least 4 members (excludes halogenated alkanes) is 9. The Bertz CT molecular complexity index is 843. The molecule has 0 bridgehead atoms. The molecule has 1 aromatic heterocycles. The Kier molecular flexibility index (Phi) is 11.8. The van der Waals surface area contributed by atoms with Gasteiger partial charge in [-0.3, -0.25) is 9.59 Å². The Balaban J connectivity index is 1.89. The predicted octanol–water partition coefficient (Wildman–Crippen LogP) is 5.14. The van der Waals surface area contributed by atoms with Crippen LogP contribution in [0.1, 0.15) is 87.5 Å². The number of aliphatic carboxylic acids is 2.